The van der Waals surface area contributed by atoms with Crippen LogP contribution in [0.1, 0.15) is 18.2 Å². The summed E-state index contributed by atoms with van der Waals surface area (Å²) in [6.07, 6.45) is -3.26. The Kier molecular flexibility index (Phi) is 6.02. The second-order valence-electron chi connectivity index (χ2n) is 7.85. The number of pyridine rings is 1. The lowest BCUT2D eigenvalue weighted by atomic mass is 10.1. The molecule has 0 aliphatic carbocycles. The lowest BCUT2D eigenvalue weighted by Gasteiger charge is -2.27. The van der Waals surface area contributed by atoms with E-state index in [1.807, 2.05) is 31.2 Å². The minimum absolute atomic E-state index is 0.433. The molecule has 1 N–H and O–H groups in total. The van der Waals surface area contributed by atoms with E-state index >= 15 is 0 Å². The van der Waals surface area contributed by atoms with Gasteiger partial charge in [0.25, 0.3) is 0 Å². The molecule has 0 amide bonds. The summed E-state index contributed by atoms with van der Waals surface area (Å²) in [5.74, 6) is 0.707. The van der Waals surface area contributed by atoms with Crippen LogP contribution in [0.2, 0.25) is 0 Å². The summed E-state index contributed by atoms with van der Waals surface area (Å²) >= 11 is 0. The number of fused-ring (bicyclic) bond motifs is 1. The first-order valence-electron chi connectivity index (χ1n) is 10.2. The Morgan fingerprint density at radius 1 is 1.13 bits per heavy atom. The van der Waals surface area contributed by atoms with Gasteiger partial charge in [0, 0.05) is 44.5 Å². The van der Waals surface area contributed by atoms with Crippen LogP contribution in [0.4, 0.5) is 13.2 Å². The summed E-state index contributed by atoms with van der Waals surface area (Å²) in [5.41, 5.74) is 3.00. The topological polar surface area (TPSA) is 41.8 Å². The maximum Gasteiger partial charge on any atom is 0.417 e. The minimum atomic E-state index is -4.41. The molecule has 31 heavy (non-hydrogen) atoms. The van der Waals surface area contributed by atoms with Crippen molar-refractivity contribution in [2.24, 2.45) is 0 Å². The number of alkyl halides is 3. The van der Waals surface area contributed by atoms with E-state index in [1.165, 1.54) is 6.07 Å². The van der Waals surface area contributed by atoms with Crippen molar-refractivity contribution in [2.75, 3.05) is 32.8 Å². The quantitative estimate of drug-likeness (QED) is 0.590. The van der Waals surface area contributed by atoms with E-state index in [-0.39, 0.29) is 0 Å². The fraction of sp³-hybridized carbons (Fsp3) is 0.348. The zero-order chi connectivity index (χ0) is 22.0. The van der Waals surface area contributed by atoms with Crippen LogP contribution >= 0.6 is 0 Å². The highest BCUT2D eigenvalue weighted by atomic mass is 19.4. The summed E-state index contributed by atoms with van der Waals surface area (Å²) in [6, 6.07) is 9.98. The number of hydrogen-bond donors (Lipinski definition) is 1. The molecule has 1 aliphatic rings. The summed E-state index contributed by atoms with van der Waals surface area (Å²) in [7, 11) is 0. The minimum Gasteiger partial charge on any atom is -0.489 e. The summed E-state index contributed by atoms with van der Waals surface area (Å²) < 4.78 is 47.2. The molecular formula is C23H25F3N4O. The number of nitrogens with one attached hydrogen (secondary N) is 1. The first kappa shape index (κ1) is 21.4. The molecule has 2 aromatic heterocycles. The fourth-order valence-corrected chi connectivity index (χ4v) is 3.64. The Morgan fingerprint density at radius 2 is 1.84 bits per heavy atom. The zero-order valence-electron chi connectivity index (χ0n) is 17.4. The lowest BCUT2D eigenvalue weighted by molar-refractivity contribution is -0.137. The third-order valence-electron chi connectivity index (χ3n) is 5.24. The van der Waals surface area contributed by atoms with Gasteiger partial charge in [-0.1, -0.05) is 6.58 Å². The molecule has 3 aromatic rings. The highest BCUT2D eigenvalue weighted by Gasteiger charge is 2.31. The molecular weight excluding hydrogens is 405 g/mol. The fourth-order valence-electron chi connectivity index (χ4n) is 3.64. The van der Waals surface area contributed by atoms with Gasteiger partial charge in [-0.05, 0) is 48.9 Å². The highest BCUT2D eigenvalue weighted by Crippen LogP contribution is 2.32. The van der Waals surface area contributed by atoms with Gasteiger partial charge < -0.3 is 14.5 Å². The van der Waals surface area contributed by atoms with Crippen molar-refractivity contribution in [3.8, 4) is 17.0 Å². The van der Waals surface area contributed by atoms with E-state index < -0.39 is 11.7 Å². The first-order valence-corrected chi connectivity index (χ1v) is 10.2. The number of hydrogen-bond acceptors (Lipinski definition) is 4. The number of rotatable bonds is 6. The molecule has 0 unspecified atom stereocenters. The Labute approximate surface area is 179 Å². The predicted octanol–water partition coefficient (Wildman–Crippen LogP) is 4.38. The number of nitrogens with zero attached hydrogens (tertiary/aromatic N) is 3. The van der Waals surface area contributed by atoms with Crippen LogP contribution in [0, 0.1) is 0 Å². The molecule has 5 nitrogen and oxygen atoms in total. The summed E-state index contributed by atoms with van der Waals surface area (Å²) in [4.78, 5) is 6.90. The van der Waals surface area contributed by atoms with Crippen molar-refractivity contribution in [1.29, 1.82) is 0 Å². The summed E-state index contributed by atoms with van der Waals surface area (Å²) in [6.45, 7) is 10.0. The average molecular weight is 430 g/mol. The van der Waals surface area contributed by atoms with Crippen molar-refractivity contribution >= 4 is 5.65 Å². The predicted molar refractivity (Wildman–Crippen MR) is 114 cm³/mol. The molecule has 0 saturated carbocycles. The average Bonchev–Trinajstić information content (AvgIpc) is 3.10. The van der Waals surface area contributed by atoms with Crippen LogP contribution in [0.3, 0.4) is 0 Å². The monoisotopic (exact) mass is 430 g/mol. The van der Waals surface area contributed by atoms with Gasteiger partial charge in [-0.15, -0.1) is 0 Å². The zero-order valence-corrected chi connectivity index (χ0v) is 17.4. The second-order valence-corrected chi connectivity index (χ2v) is 7.85. The van der Waals surface area contributed by atoms with Gasteiger partial charge in [0.05, 0.1) is 17.0 Å². The van der Waals surface area contributed by atoms with Gasteiger partial charge in [0.2, 0.25) is 0 Å². The lowest BCUT2D eigenvalue weighted by Crippen LogP contribution is -2.43. The van der Waals surface area contributed by atoms with Crippen molar-refractivity contribution in [3.05, 3.63) is 66.0 Å². The van der Waals surface area contributed by atoms with Crippen molar-refractivity contribution in [2.45, 2.75) is 19.6 Å². The molecule has 1 aromatic carbocycles. The van der Waals surface area contributed by atoms with E-state index in [9.17, 15) is 13.2 Å². The number of benzene rings is 1. The van der Waals surface area contributed by atoms with E-state index in [2.05, 4.69) is 21.8 Å². The van der Waals surface area contributed by atoms with Crippen molar-refractivity contribution in [3.63, 3.8) is 0 Å². The van der Waals surface area contributed by atoms with Crippen LogP contribution in [0.15, 0.2) is 54.7 Å². The van der Waals surface area contributed by atoms with E-state index in [1.54, 1.807) is 4.40 Å². The molecule has 3 heterocycles. The van der Waals surface area contributed by atoms with Crippen LogP contribution in [0.5, 0.6) is 5.75 Å². The van der Waals surface area contributed by atoms with Crippen LogP contribution in [0.25, 0.3) is 16.9 Å². The SMILES string of the molecule is C=C(C)COc1ccc(-c2nc3ccc(C(F)(F)F)cn3c2CN2CCNCC2)cc1. The van der Waals surface area contributed by atoms with E-state index in [0.29, 0.717) is 30.2 Å². The molecule has 0 bridgehead atoms. The maximum absolute atomic E-state index is 13.3. The van der Waals surface area contributed by atoms with Gasteiger partial charge in [-0.3, -0.25) is 4.90 Å². The number of piperazine rings is 1. The highest BCUT2D eigenvalue weighted by molar-refractivity contribution is 5.67. The van der Waals surface area contributed by atoms with Gasteiger partial charge in [-0.2, -0.15) is 13.2 Å². The van der Waals surface area contributed by atoms with Gasteiger partial charge in [0.1, 0.15) is 18.0 Å². The van der Waals surface area contributed by atoms with Crippen molar-refractivity contribution in [1.82, 2.24) is 19.6 Å². The second kappa shape index (κ2) is 8.72. The Balaban J connectivity index is 1.74. The Hall–Kier alpha value is -2.84. The normalized spacial score (nSPS) is 15.4. The largest absolute Gasteiger partial charge is 0.489 e. The first-order chi connectivity index (χ1) is 14.8. The number of halogens is 3. The molecule has 0 radical (unpaired) electrons. The number of ether oxygens (including phenoxy) is 1. The third kappa shape index (κ3) is 4.91. The number of imidazole rings is 1. The van der Waals surface area contributed by atoms with Crippen LogP contribution in [-0.2, 0) is 12.7 Å². The standard InChI is InChI=1S/C23H25F3N4O/c1-16(2)15-31-19-6-3-17(4-7-19)22-20(14-29-11-9-27-10-12-29)30-13-18(23(24,25)26)5-8-21(30)28-22/h3-8,13,27H,1,9-12,14-15H2,2H3. The van der Waals surface area contributed by atoms with Gasteiger partial charge >= 0.3 is 6.18 Å². The number of aromatic nitrogens is 2. The molecule has 1 fully saturated rings. The molecule has 8 heteroatoms. The van der Waals surface area contributed by atoms with E-state index in [4.69, 9.17) is 4.74 Å². The smallest absolute Gasteiger partial charge is 0.417 e. The molecule has 0 spiro atoms. The van der Waals surface area contributed by atoms with Crippen molar-refractivity contribution < 1.29 is 17.9 Å². The summed E-state index contributed by atoms with van der Waals surface area (Å²) in [5, 5.41) is 3.30. The van der Waals surface area contributed by atoms with Crippen LogP contribution < -0.4 is 10.1 Å². The van der Waals surface area contributed by atoms with Crippen LogP contribution in [-0.4, -0.2) is 47.1 Å². The van der Waals surface area contributed by atoms with Gasteiger partial charge in [-0.25, -0.2) is 4.98 Å². The Morgan fingerprint density at radius 3 is 2.48 bits per heavy atom. The molecule has 4 rings (SSSR count). The van der Waals surface area contributed by atoms with E-state index in [0.717, 1.165) is 55.3 Å². The molecule has 0 atom stereocenters. The third-order valence-corrected chi connectivity index (χ3v) is 5.24. The molecule has 1 saturated heterocycles. The molecule has 164 valence electrons. The maximum atomic E-state index is 13.3. The molecule has 1 aliphatic heterocycles. The Bertz CT molecular complexity index is 1070. The van der Waals surface area contributed by atoms with Gasteiger partial charge in [0.15, 0.2) is 0 Å².